The highest BCUT2D eigenvalue weighted by atomic mass is 79.9. The summed E-state index contributed by atoms with van der Waals surface area (Å²) in [6.45, 7) is 0. The molecule has 0 saturated heterocycles. The maximum absolute atomic E-state index is 13.6. The van der Waals surface area contributed by atoms with Crippen molar-refractivity contribution in [2.75, 3.05) is 7.05 Å². The van der Waals surface area contributed by atoms with Crippen LogP contribution in [0.1, 0.15) is 36.0 Å². The molecule has 0 bridgehead atoms. The molecule has 2 rings (SSSR count). The van der Waals surface area contributed by atoms with Crippen LogP contribution < -0.4 is 0 Å². The molecule has 1 aliphatic rings. The molecule has 2 nitrogen and oxygen atoms in total. The molecule has 92 valence electrons. The third kappa shape index (κ3) is 2.68. The molecular formula is C13H15BrFNO. The first-order chi connectivity index (χ1) is 8.09. The van der Waals surface area contributed by atoms with Crippen LogP contribution >= 0.6 is 15.9 Å². The van der Waals surface area contributed by atoms with Crippen molar-refractivity contribution in [2.45, 2.75) is 31.7 Å². The molecule has 1 saturated carbocycles. The van der Waals surface area contributed by atoms with Crippen LogP contribution in [0.15, 0.2) is 22.7 Å². The zero-order valence-electron chi connectivity index (χ0n) is 9.75. The molecule has 0 radical (unpaired) electrons. The average Bonchev–Trinajstić information content (AvgIpc) is 2.84. The lowest BCUT2D eigenvalue weighted by Gasteiger charge is -2.24. The van der Waals surface area contributed by atoms with Crippen molar-refractivity contribution in [3.8, 4) is 0 Å². The number of carbonyl (C=O) groups excluding carboxylic acids is 1. The summed E-state index contributed by atoms with van der Waals surface area (Å²) >= 11 is 3.26. The third-order valence-electron chi connectivity index (χ3n) is 3.35. The third-order valence-corrected chi connectivity index (χ3v) is 3.84. The van der Waals surface area contributed by atoms with Crippen LogP contribution in [-0.4, -0.2) is 23.9 Å². The van der Waals surface area contributed by atoms with E-state index in [1.165, 1.54) is 6.07 Å². The summed E-state index contributed by atoms with van der Waals surface area (Å²) in [5.74, 6) is -0.682. The smallest absolute Gasteiger partial charge is 0.256 e. The molecule has 0 N–H and O–H groups in total. The maximum Gasteiger partial charge on any atom is 0.256 e. The van der Waals surface area contributed by atoms with Crippen molar-refractivity contribution in [3.63, 3.8) is 0 Å². The SMILES string of the molecule is CN(C(=O)c1cc(Br)ccc1F)C1CCCC1. The zero-order valence-corrected chi connectivity index (χ0v) is 11.3. The van der Waals surface area contributed by atoms with Crippen molar-refractivity contribution in [1.29, 1.82) is 0 Å². The normalized spacial score (nSPS) is 16.2. The van der Waals surface area contributed by atoms with Gasteiger partial charge in [-0.3, -0.25) is 4.79 Å². The molecule has 0 unspecified atom stereocenters. The van der Waals surface area contributed by atoms with Gasteiger partial charge in [0.1, 0.15) is 5.82 Å². The van der Waals surface area contributed by atoms with Crippen LogP contribution in [0.4, 0.5) is 4.39 Å². The molecule has 1 aliphatic carbocycles. The molecule has 0 heterocycles. The quantitative estimate of drug-likeness (QED) is 0.817. The second-order valence-corrected chi connectivity index (χ2v) is 5.39. The van der Waals surface area contributed by atoms with Crippen molar-refractivity contribution in [1.82, 2.24) is 4.90 Å². The van der Waals surface area contributed by atoms with Gasteiger partial charge in [0, 0.05) is 17.6 Å². The van der Waals surface area contributed by atoms with E-state index in [2.05, 4.69) is 15.9 Å². The average molecular weight is 300 g/mol. The van der Waals surface area contributed by atoms with E-state index in [4.69, 9.17) is 0 Å². The van der Waals surface area contributed by atoms with Gasteiger partial charge in [-0.05, 0) is 31.0 Å². The van der Waals surface area contributed by atoms with Gasteiger partial charge in [-0.2, -0.15) is 0 Å². The van der Waals surface area contributed by atoms with Gasteiger partial charge >= 0.3 is 0 Å². The predicted molar refractivity (Wildman–Crippen MR) is 68.4 cm³/mol. The molecule has 1 aromatic rings. The Kier molecular flexibility index (Phi) is 3.82. The van der Waals surface area contributed by atoms with Crippen molar-refractivity contribution in [3.05, 3.63) is 34.1 Å². The van der Waals surface area contributed by atoms with Crippen LogP contribution in [0.5, 0.6) is 0 Å². The second-order valence-electron chi connectivity index (χ2n) is 4.48. The van der Waals surface area contributed by atoms with Gasteiger partial charge in [-0.1, -0.05) is 28.8 Å². The second kappa shape index (κ2) is 5.17. The first kappa shape index (κ1) is 12.6. The first-order valence-corrected chi connectivity index (χ1v) is 6.61. The minimum atomic E-state index is -0.456. The summed E-state index contributed by atoms with van der Waals surface area (Å²) in [5.41, 5.74) is 0.147. The van der Waals surface area contributed by atoms with Crippen molar-refractivity contribution < 1.29 is 9.18 Å². The Labute approximate surface area is 109 Å². The summed E-state index contributed by atoms with van der Waals surface area (Å²) in [4.78, 5) is 13.8. The van der Waals surface area contributed by atoms with Crippen molar-refractivity contribution >= 4 is 21.8 Å². The molecule has 0 aliphatic heterocycles. The van der Waals surface area contributed by atoms with Gasteiger partial charge in [0.25, 0.3) is 5.91 Å². The van der Waals surface area contributed by atoms with Gasteiger partial charge in [0.05, 0.1) is 5.56 Å². The Balaban J connectivity index is 2.20. The topological polar surface area (TPSA) is 20.3 Å². The number of halogens is 2. The summed E-state index contributed by atoms with van der Waals surface area (Å²) in [6.07, 6.45) is 4.36. The minimum Gasteiger partial charge on any atom is -0.339 e. The van der Waals surface area contributed by atoms with Gasteiger partial charge in [0.15, 0.2) is 0 Å². The number of amides is 1. The fourth-order valence-electron chi connectivity index (χ4n) is 2.31. The number of hydrogen-bond acceptors (Lipinski definition) is 1. The Bertz CT molecular complexity index is 429. The molecule has 0 atom stereocenters. The van der Waals surface area contributed by atoms with Crippen LogP contribution in [0.2, 0.25) is 0 Å². The number of nitrogens with zero attached hydrogens (tertiary/aromatic N) is 1. The lowest BCUT2D eigenvalue weighted by Crippen LogP contribution is -2.35. The Morgan fingerprint density at radius 3 is 2.71 bits per heavy atom. The molecule has 1 fully saturated rings. The first-order valence-electron chi connectivity index (χ1n) is 5.82. The number of carbonyl (C=O) groups is 1. The lowest BCUT2D eigenvalue weighted by atomic mass is 10.1. The number of hydrogen-bond donors (Lipinski definition) is 0. The van der Waals surface area contributed by atoms with E-state index >= 15 is 0 Å². The molecule has 17 heavy (non-hydrogen) atoms. The highest BCUT2D eigenvalue weighted by Gasteiger charge is 2.25. The zero-order chi connectivity index (χ0) is 12.4. The van der Waals surface area contributed by atoms with Gasteiger partial charge in [-0.15, -0.1) is 0 Å². The Morgan fingerprint density at radius 2 is 2.06 bits per heavy atom. The van der Waals surface area contributed by atoms with Gasteiger partial charge < -0.3 is 4.90 Å². The summed E-state index contributed by atoms with van der Waals surface area (Å²) in [6, 6.07) is 4.73. The van der Waals surface area contributed by atoms with E-state index in [-0.39, 0.29) is 17.5 Å². The minimum absolute atomic E-state index is 0.147. The maximum atomic E-state index is 13.6. The largest absolute Gasteiger partial charge is 0.339 e. The highest BCUT2D eigenvalue weighted by molar-refractivity contribution is 9.10. The van der Waals surface area contributed by atoms with E-state index in [0.29, 0.717) is 0 Å². The predicted octanol–water partition coefficient (Wildman–Crippen LogP) is 3.60. The summed E-state index contributed by atoms with van der Waals surface area (Å²) < 4.78 is 14.3. The lowest BCUT2D eigenvalue weighted by molar-refractivity contribution is 0.0730. The van der Waals surface area contributed by atoms with E-state index < -0.39 is 5.82 Å². The summed E-state index contributed by atoms with van der Waals surface area (Å²) in [7, 11) is 1.76. The molecule has 0 aromatic heterocycles. The Hall–Kier alpha value is -0.900. The molecule has 1 aromatic carbocycles. The van der Waals surface area contributed by atoms with E-state index in [1.807, 2.05) is 0 Å². The van der Waals surface area contributed by atoms with Crippen LogP contribution in [-0.2, 0) is 0 Å². The molecule has 4 heteroatoms. The molecule has 1 amide bonds. The number of benzene rings is 1. The molecule has 0 spiro atoms. The highest BCUT2D eigenvalue weighted by Crippen LogP contribution is 2.25. The monoisotopic (exact) mass is 299 g/mol. The van der Waals surface area contributed by atoms with E-state index in [1.54, 1.807) is 24.1 Å². The van der Waals surface area contributed by atoms with Crippen LogP contribution in [0.25, 0.3) is 0 Å². The van der Waals surface area contributed by atoms with E-state index in [0.717, 1.165) is 30.2 Å². The van der Waals surface area contributed by atoms with E-state index in [9.17, 15) is 9.18 Å². The summed E-state index contributed by atoms with van der Waals surface area (Å²) in [5, 5.41) is 0. The van der Waals surface area contributed by atoms with Crippen molar-refractivity contribution in [2.24, 2.45) is 0 Å². The van der Waals surface area contributed by atoms with Crippen LogP contribution in [0, 0.1) is 5.82 Å². The Morgan fingerprint density at radius 1 is 1.41 bits per heavy atom. The van der Waals surface area contributed by atoms with Gasteiger partial charge in [-0.25, -0.2) is 4.39 Å². The fraction of sp³-hybridized carbons (Fsp3) is 0.462. The fourth-order valence-corrected chi connectivity index (χ4v) is 2.67. The van der Waals surface area contributed by atoms with Gasteiger partial charge in [0.2, 0.25) is 0 Å². The van der Waals surface area contributed by atoms with Crippen LogP contribution in [0.3, 0.4) is 0 Å². The number of rotatable bonds is 2. The molecular weight excluding hydrogens is 285 g/mol. The standard InChI is InChI=1S/C13H15BrFNO/c1-16(10-4-2-3-5-10)13(17)11-8-9(14)6-7-12(11)15/h6-8,10H,2-5H2,1H3.